The van der Waals surface area contributed by atoms with Crippen LogP contribution in [0.25, 0.3) is 0 Å². The Bertz CT molecular complexity index is 476. The van der Waals surface area contributed by atoms with Gasteiger partial charge in [-0.3, -0.25) is 4.98 Å². The topological polar surface area (TPSA) is 47.9 Å². The Balaban J connectivity index is 2.31. The van der Waals surface area contributed by atoms with Crippen molar-refractivity contribution in [3.8, 4) is 5.75 Å². The third-order valence-electron chi connectivity index (χ3n) is 2.11. The van der Waals surface area contributed by atoms with E-state index in [2.05, 4.69) is 15.0 Å². The number of hydrogen-bond donors (Lipinski definition) is 0. The van der Waals surface area contributed by atoms with Crippen LogP contribution in [0, 0.1) is 0 Å². The van der Waals surface area contributed by atoms with Crippen molar-refractivity contribution in [1.82, 2.24) is 15.0 Å². The van der Waals surface area contributed by atoms with Crippen molar-refractivity contribution in [3.05, 3.63) is 47.3 Å². The van der Waals surface area contributed by atoms with E-state index in [1.807, 2.05) is 18.2 Å². The molecular formula is C11H10ClN3O. The van der Waals surface area contributed by atoms with Crippen LogP contribution in [0.3, 0.4) is 0 Å². The minimum Gasteiger partial charge on any atom is -0.492 e. The number of nitrogens with zero attached hydrogens (tertiary/aromatic N) is 3. The molecule has 0 atom stereocenters. The molecule has 2 heterocycles. The van der Waals surface area contributed by atoms with E-state index in [4.69, 9.17) is 16.3 Å². The highest BCUT2D eigenvalue weighted by Crippen LogP contribution is 2.25. The van der Waals surface area contributed by atoms with Gasteiger partial charge in [0.1, 0.15) is 6.33 Å². The van der Waals surface area contributed by atoms with Gasteiger partial charge < -0.3 is 4.74 Å². The Labute approximate surface area is 98.3 Å². The molecule has 0 radical (unpaired) electrons. The Hall–Kier alpha value is -1.68. The summed E-state index contributed by atoms with van der Waals surface area (Å²) in [5.74, 6) is 0.509. The van der Waals surface area contributed by atoms with Crippen LogP contribution in [-0.2, 0) is 6.42 Å². The first kappa shape index (κ1) is 10.8. The van der Waals surface area contributed by atoms with E-state index in [0.29, 0.717) is 17.3 Å². The van der Waals surface area contributed by atoms with Crippen molar-refractivity contribution in [1.29, 1.82) is 0 Å². The average Bonchev–Trinajstić information content (AvgIpc) is 2.31. The van der Waals surface area contributed by atoms with Crippen molar-refractivity contribution in [2.24, 2.45) is 0 Å². The fraction of sp³-hybridized carbons (Fsp3) is 0.182. The molecule has 0 amide bonds. The highest BCUT2D eigenvalue weighted by atomic mass is 35.5. The summed E-state index contributed by atoms with van der Waals surface area (Å²) in [5, 5.41) is 0.323. The molecule has 0 saturated carbocycles. The molecule has 0 spiro atoms. The molecule has 82 valence electrons. The molecule has 2 rings (SSSR count). The second-order valence-electron chi connectivity index (χ2n) is 3.14. The van der Waals surface area contributed by atoms with Crippen LogP contribution < -0.4 is 4.74 Å². The van der Waals surface area contributed by atoms with Crippen LogP contribution in [-0.4, -0.2) is 22.1 Å². The third-order valence-corrected chi connectivity index (χ3v) is 2.38. The summed E-state index contributed by atoms with van der Waals surface area (Å²) in [5.41, 5.74) is 1.65. The predicted molar refractivity (Wildman–Crippen MR) is 60.6 cm³/mol. The maximum atomic E-state index is 5.90. The molecule has 2 aromatic heterocycles. The summed E-state index contributed by atoms with van der Waals surface area (Å²) in [6.07, 6.45) is 3.74. The van der Waals surface area contributed by atoms with Crippen LogP contribution in [0.2, 0.25) is 5.15 Å². The molecule has 0 aromatic carbocycles. The molecule has 2 aromatic rings. The zero-order valence-corrected chi connectivity index (χ0v) is 9.48. The van der Waals surface area contributed by atoms with Crippen molar-refractivity contribution < 1.29 is 4.74 Å². The van der Waals surface area contributed by atoms with Crippen LogP contribution >= 0.6 is 11.6 Å². The van der Waals surface area contributed by atoms with Crippen LogP contribution in [0.4, 0.5) is 0 Å². The first-order valence-electron chi connectivity index (χ1n) is 4.74. The van der Waals surface area contributed by atoms with E-state index >= 15 is 0 Å². The third kappa shape index (κ3) is 2.28. The lowest BCUT2D eigenvalue weighted by molar-refractivity contribution is 0.405. The predicted octanol–water partition coefficient (Wildman–Crippen LogP) is 2.12. The number of hydrogen-bond acceptors (Lipinski definition) is 4. The molecule has 0 aliphatic carbocycles. The van der Waals surface area contributed by atoms with E-state index in [0.717, 1.165) is 11.4 Å². The van der Waals surface area contributed by atoms with Gasteiger partial charge in [0.2, 0.25) is 0 Å². The van der Waals surface area contributed by atoms with E-state index in [9.17, 15) is 0 Å². The minimum absolute atomic E-state index is 0.323. The molecule has 0 fully saturated rings. The van der Waals surface area contributed by atoms with Crippen molar-refractivity contribution >= 4 is 11.6 Å². The van der Waals surface area contributed by atoms with Crippen LogP contribution in [0.5, 0.6) is 5.75 Å². The van der Waals surface area contributed by atoms with Crippen molar-refractivity contribution in [3.63, 3.8) is 0 Å². The van der Waals surface area contributed by atoms with Crippen LogP contribution in [0.1, 0.15) is 11.4 Å². The maximum Gasteiger partial charge on any atom is 0.178 e. The number of pyridine rings is 1. The second-order valence-corrected chi connectivity index (χ2v) is 3.50. The Kier molecular flexibility index (Phi) is 3.31. The zero-order valence-electron chi connectivity index (χ0n) is 8.72. The van der Waals surface area contributed by atoms with Gasteiger partial charge in [0.25, 0.3) is 0 Å². The van der Waals surface area contributed by atoms with Gasteiger partial charge >= 0.3 is 0 Å². The molecule has 0 aliphatic heterocycles. The van der Waals surface area contributed by atoms with Gasteiger partial charge in [-0.25, -0.2) is 9.97 Å². The summed E-state index contributed by atoms with van der Waals surface area (Å²) in [4.78, 5) is 12.2. The average molecular weight is 236 g/mol. The number of methoxy groups -OCH3 is 1. The van der Waals surface area contributed by atoms with Gasteiger partial charge in [-0.1, -0.05) is 17.7 Å². The maximum absolute atomic E-state index is 5.90. The Morgan fingerprint density at radius 1 is 1.25 bits per heavy atom. The first-order valence-corrected chi connectivity index (χ1v) is 5.12. The zero-order chi connectivity index (χ0) is 11.4. The molecule has 0 bridgehead atoms. The summed E-state index contributed by atoms with van der Waals surface area (Å²) in [6, 6.07) is 5.72. The summed E-state index contributed by atoms with van der Waals surface area (Å²) in [7, 11) is 1.55. The normalized spacial score (nSPS) is 10.1. The monoisotopic (exact) mass is 235 g/mol. The van der Waals surface area contributed by atoms with Crippen molar-refractivity contribution in [2.75, 3.05) is 7.11 Å². The molecule has 0 saturated heterocycles. The smallest absolute Gasteiger partial charge is 0.178 e. The molecule has 0 unspecified atom stereocenters. The highest BCUT2D eigenvalue weighted by Gasteiger charge is 2.10. The molecular weight excluding hydrogens is 226 g/mol. The number of rotatable bonds is 3. The largest absolute Gasteiger partial charge is 0.492 e. The molecule has 0 N–H and O–H groups in total. The van der Waals surface area contributed by atoms with E-state index in [-0.39, 0.29) is 0 Å². The SMILES string of the molecule is COc1c(Cl)ncnc1Cc1ccccn1. The minimum atomic E-state index is 0.323. The van der Waals surface area contributed by atoms with Gasteiger partial charge in [0, 0.05) is 18.3 Å². The van der Waals surface area contributed by atoms with Gasteiger partial charge in [-0.2, -0.15) is 0 Å². The van der Waals surface area contributed by atoms with Gasteiger partial charge in [-0.05, 0) is 12.1 Å². The number of halogens is 1. The van der Waals surface area contributed by atoms with Crippen molar-refractivity contribution in [2.45, 2.75) is 6.42 Å². The molecule has 16 heavy (non-hydrogen) atoms. The molecule has 0 aliphatic rings. The summed E-state index contributed by atoms with van der Waals surface area (Å²) in [6.45, 7) is 0. The number of ether oxygens (including phenoxy) is 1. The van der Waals surface area contributed by atoms with Gasteiger partial charge in [-0.15, -0.1) is 0 Å². The van der Waals surface area contributed by atoms with Gasteiger partial charge in [0.15, 0.2) is 10.9 Å². The van der Waals surface area contributed by atoms with E-state index < -0.39 is 0 Å². The van der Waals surface area contributed by atoms with E-state index in [1.165, 1.54) is 6.33 Å². The summed E-state index contributed by atoms with van der Waals surface area (Å²) < 4.78 is 5.16. The fourth-order valence-corrected chi connectivity index (χ4v) is 1.62. The standard InChI is InChI=1S/C11H10ClN3O/c1-16-10-9(14-7-15-11(10)12)6-8-4-2-3-5-13-8/h2-5,7H,6H2,1H3. The van der Waals surface area contributed by atoms with E-state index in [1.54, 1.807) is 13.3 Å². The Morgan fingerprint density at radius 3 is 2.81 bits per heavy atom. The lowest BCUT2D eigenvalue weighted by Gasteiger charge is -2.07. The number of aromatic nitrogens is 3. The Morgan fingerprint density at radius 2 is 2.12 bits per heavy atom. The van der Waals surface area contributed by atoms with Crippen LogP contribution in [0.15, 0.2) is 30.7 Å². The summed E-state index contributed by atoms with van der Waals surface area (Å²) >= 11 is 5.90. The second kappa shape index (κ2) is 4.90. The van der Waals surface area contributed by atoms with Gasteiger partial charge in [0.05, 0.1) is 12.8 Å². The highest BCUT2D eigenvalue weighted by molar-refractivity contribution is 6.30. The lowest BCUT2D eigenvalue weighted by atomic mass is 10.2. The fourth-order valence-electron chi connectivity index (χ4n) is 1.39. The quantitative estimate of drug-likeness (QED) is 0.765. The molecule has 5 heteroatoms. The first-order chi connectivity index (χ1) is 7.81. The lowest BCUT2D eigenvalue weighted by Crippen LogP contribution is -2.00. The molecule has 4 nitrogen and oxygen atoms in total.